The molecule has 21 heavy (non-hydrogen) atoms. The Hall–Kier alpha value is -1.89. The van der Waals surface area contributed by atoms with E-state index in [4.69, 9.17) is 0 Å². The fourth-order valence-corrected chi connectivity index (χ4v) is 2.30. The molecule has 0 spiro atoms. The predicted molar refractivity (Wildman–Crippen MR) is 70.2 cm³/mol. The first-order valence-corrected chi connectivity index (χ1v) is 6.43. The van der Waals surface area contributed by atoms with E-state index in [0.717, 1.165) is 18.2 Å². The number of aromatic nitrogens is 2. The van der Waals surface area contributed by atoms with Crippen molar-refractivity contribution in [2.45, 2.75) is 25.7 Å². The van der Waals surface area contributed by atoms with Crippen LogP contribution in [-0.4, -0.2) is 16.6 Å². The van der Waals surface area contributed by atoms with Crippen LogP contribution >= 0.6 is 0 Å². The first kappa shape index (κ1) is 15.5. The Balaban J connectivity index is 2.60. The highest BCUT2D eigenvalue weighted by molar-refractivity contribution is 5.36. The van der Waals surface area contributed by atoms with Crippen molar-refractivity contribution in [2.24, 2.45) is 0 Å². The summed E-state index contributed by atoms with van der Waals surface area (Å²) in [6.45, 7) is 2.42. The van der Waals surface area contributed by atoms with E-state index in [9.17, 15) is 17.6 Å². The molecule has 0 aliphatic carbocycles. The van der Waals surface area contributed by atoms with E-state index < -0.39 is 23.6 Å². The fraction of sp³-hybridized carbons (Fsp3) is 0.357. The lowest BCUT2D eigenvalue weighted by atomic mass is 9.99. The largest absolute Gasteiger partial charge is 0.416 e. The molecule has 0 amide bonds. The summed E-state index contributed by atoms with van der Waals surface area (Å²) in [6, 6.07) is 1.63. The molecule has 114 valence electrons. The Kier molecular flexibility index (Phi) is 4.32. The number of halogens is 4. The van der Waals surface area contributed by atoms with Gasteiger partial charge in [-0.1, -0.05) is 0 Å². The molecule has 2 rings (SSSR count). The van der Waals surface area contributed by atoms with E-state index >= 15 is 0 Å². The van der Waals surface area contributed by atoms with E-state index in [2.05, 4.69) is 10.3 Å². The van der Waals surface area contributed by atoms with Crippen LogP contribution in [-0.2, 0) is 12.7 Å². The molecule has 2 aromatic rings. The van der Waals surface area contributed by atoms with Crippen LogP contribution in [0.15, 0.2) is 30.6 Å². The number of alkyl halides is 3. The summed E-state index contributed by atoms with van der Waals surface area (Å²) in [5.74, 6) is -0.302. The highest BCUT2D eigenvalue weighted by Crippen LogP contribution is 2.36. The number of aryl methyl sites for hydroxylation is 1. The van der Waals surface area contributed by atoms with Gasteiger partial charge >= 0.3 is 6.18 Å². The van der Waals surface area contributed by atoms with Gasteiger partial charge in [0.2, 0.25) is 0 Å². The molecular formula is C14H15F4N3. The summed E-state index contributed by atoms with van der Waals surface area (Å²) in [5.41, 5.74) is -1.04. The average Bonchev–Trinajstić information content (AvgIpc) is 2.86. The highest BCUT2D eigenvalue weighted by atomic mass is 19.4. The number of benzene rings is 1. The summed E-state index contributed by atoms with van der Waals surface area (Å²) in [7, 11) is 1.52. The van der Waals surface area contributed by atoms with E-state index in [1.54, 1.807) is 10.8 Å². The maximum atomic E-state index is 13.4. The Morgan fingerprint density at radius 3 is 2.62 bits per heavy atom. The molecule has 1 aromatic carbocycles. The highest BCUT2D eigenvalue weighted by Gasteiger charge is 2.36. The lowest BCUT2D eigenvalue weighted by Crippen LogP contribution is -2.25. The normalized spacial score (nSPS) is 13.4. The molecule has 0 saturated heterocycles. The van der Waals surface area contributed by atoms with Crippen molar-refractivity contribution in [1.82, 2.24) is 14.9 Å². The molecule has 0 radical (unpaired) electrons. The number of hydrogen-bond donors (Lipinski definition) is 1. The van der Waals surface area contributed by atoms with Gasteiger partial charge in [-0.05, 0) is 37.7 Å². The summed E-state index contributed by atoms with van der Waals surface area (Å²) in [4.78, 5) is 4.10. The average molecular weight is 301 g/mol. The van der Waals surface area contributed by atoms with Crippen LogP contribution in [0.2, 0.25) is 0 Å². The van der Waals surface area contributed by atoms with Crippen molar-refractivity contribution in [3.63, 3.8) is 0 Å². The minimum Gasteiger partial charge on any atom is -0.334 e. The minimum absolute atomic E-state index is 0.175. The summed E-state index contributed by atoms with van der Waals surface area (Å²) < 4.78 is 54.5. The number of nitrogens with one attached hydrogen (secondary N) is 1. The van der Waals surface area contributed by atoms with Crippen LogP contribution < -0.4 is 5.32 Å². The molecule has 7 heteroatoms. The Morgan fingerprint density at radius 1 is 1.33 bits per heavy atom. The van der Waals surface area contributed by atoms with Crippen molar-refractivity contribution >= 4 is 0 Å². The van der Waals surface area contributed by atoms with Gasteiger partial charge in [-0.15, -0.1) is 0 Å². The zero-order valence-electron chi connectivity index (χ0n) is 11.6. The molecule has 1 N–H and O–H groups in total. The Bertz CT molecular complexity index is 619. The zero-order chi connectivity index (χ0) is 15.6. The van der Waals surface area contributed by atoms with E-state index in [1.807, 2.05) is 6.92 Å². The quantitative estimate of drug-likeness (QED) is 0.878. The fourth-order valence-electron chi connectivity index (χ4n) is 2.30. The molecule has 1 atom stereocenters. The molecule has 0 aliphatic rings. The molecule has 0 fully saturated rings. The molecule has 1 unspecified atom stereocenters. The number of rotatable bonds is 4. The lowest BCUT2D eigenvalue weighted by molar-refractivity contribution is -0.138. The number of nitrogens with zero attached hydrogens (tertiary/aromatic N) is 2. The van der Waals surface area contributed by atoms with Crippen molar-refractivity contribution in [1.29, 1.82) is 0 Å². The topological polar surface area (TPSA) is 29.9 Å². The zero-order valence-corrected chi connectivity index (χ0v) is 11.6. The van der Waals surface area contributed by atoms with Crippen molar-refractivity contribution in [2.75, 3.05) is 7.05 Å². The van der Waals surface area contributed by atoms with Gasteiger partial charge in [0.05, 0.1) is 11.6 Å². The van der Waals surface area contributed by atoms with Gasteiger partial charge in [0.1, 0.15) is 11.6 Å². The van der Waals surface area contributed by atoms with E-state index in [1.165, 1.54) is 13.2 Å². The van der Waals surface area contributed by atoms with Gasteiger partial charge in [-0.25, -0.2) is 9.37 Å². The van der Waals surface area contributed by atoms with Crippen LogP contribution in [0.4, 0.5) is 17.6 Å². The van der Waals surface area contributed by atoms with Crippen molar-refractivity contribution < 1.29 is 17.6 Å². The lowest BCUT2D eigenvalue weighted by Gasteiger charge is -2.21. The third kappa shape index (κ3) is 3.07. The van der Waals surface area contributed by atoms with Gasteiger partial charge in [0, 0.05) is 18.9 Å². The minimum atomic E-state index is -4.55. The van der Waals surface area contributed by atoms with Crippen LogP contribution in [0.25, 0.3) is 0 Å². The Labute approximate surface area is 119 Å². The maximum absolute atomic E-state index is 13.4. The second kappa shape index (κ2) is 5.85. The van der Waals surface area contributed by atoms with E-state index in [0.29, 0.717) is 12.4 Å². The first-order chi connectivity index (χ1) is 9.88. The standard InChI is InChI=1S/C14H15F4N3/c1-3-21-7-6-20-13(21)12(19-2)10-8-9(15)4-5-11(10)14(16,17)18/h4-8,12,19H,3H2,1-2H3. The first-order valence-electron chi connectivity index (χ1n) is 6.43. The van der Waals surface area contributed by atoms with Gasteiger partial charge in [0.25, 0.3) is 0 Å². The van der Waals surface area contributed by atoms with Gasteiger partial charge < -0.3 is 9.88 Å². The van der Waals surface area contributed by atoms with E-state index in [-0.39, 0.29) is 5.56 Å². The summed E-state index contributed by atoms with van der Waals surface area (Å²) >= 11 is 0. The van der Waals surface area contributed by atoms with Crippen molar-refractivity contribution in [3.05, 3.63) is 53.4 Å². The molecule has 0 saturated carbocycles. The van der Waals surface area contributed by atoms with Gasteiger partial charge in [0.15, 0.2) is 0 Å². The van der Waals surface area contributed by atoms with Gasteiger partial charge in [-0.3, -0.25) is 0 Å². The molecule has 0 aliphatic heterocycles. The second-order valence-electron chi connectivity index (χ2n) is 4.52. The maximum Gasteiger partial charge on any atom is 0.416 e. The Morgan fingerprint density at radius 2 is 2.05 bits per heavy atom. The third-order valence-corrected chi connectivity index (χ3v) is 3.27. The van der Waals surface area contributed by atoms with Crippen LogP contribution in [0, 0.1) is 5.82 Å². The molecule has 1 aromatic heterocycles. The molecule has 0 bridgehead atoms. The summed E-state index contributed by atoms with van der Waals surface area (Å²) in [6.07, 6.45) is -1.37. The van der Waals surface area contributed by atoms with Gasteiger partial charge in [-0.2, -0.15) is 13.2 Å². The SMILES string of the molecule is CCn1ccnc1C(NC)c1cc(F)ccc1C(F)(F)F. The van der Waals surface area contributed by atoms with Crippen molar-refractivity contribution in [3.8, 4) is 0 Å². The third-order valence-electron chi connectivity index (χ3n) is 3.27. The summed E-state index contributed by atoms with van der Waals surface area (Å²) in [5, 5.41) is 2.79. The van der Waals surface area contributed by atoms with Crippen LogP contribution in [0.1, 0.15) is 29.9 Å². The number of hydrogen-bond acceptors (Lipinski definition) is 2. The molecule has 1 heterocycles. The number of imidazole rings is 1. The van der Waals surface area contributed by atoms with Crippen LogP contribution in [0.5, 0.6) is 0 Å². The molecular weight excluding hydrogens is 286 g/mol. The monoisotopic (exact) mass is 301 g/mol. The predicted octanol–water partition coefficient (Wildman–Crippen LogP) is 3.37. The molecule has 3 nitrogen and oxygen atoms in total. The smallest absolute Gasteiger partial charge is 0.334 e. The van der Waals surface area contributed by atoms with Crippen LogP contribution in [0.3, 0.4) is 0 Å². The second-order valence-corrected chi connectivity index (χ2v) is 4.52.